The van der Waals surface area contributed by atoms with Gasteiger partial charge in [0, 0.05) is 6.54 Å². The lowest BCUT2D eigenvalue weighted by Crippen LogP contribution is -2.41. The van der Waals surface area contributed by atoms with E-state index in [-0.39, 0.29) is 11.7 Å². The molecule has 25 heavy (non-hydrogen) atoms. The molecule has 2 aromatic carbocycles. The van der Waals surface area contributed by atoms with Gasteiger partial charge in [0.25, 0.3) is 0 Å². The molecule has 0 aromatic heterocycles. The second-order valence-corrected chi connectivity index (χ2v) is 6.82. The van der Waals surface area contributed by atoms with Crippen LogP contribution in [0.1, 0.15) is 24.0 Å². The van der Waals surface area contributed by atoms with E-state index in [1.165, 1.54) is 6.07 Å². The topological polar surface area (TPSA) is 32.3 Å². The van der Waals surface area contributed by atoms with E-state index in [9.17, 15) is 9.18 Å². The van der Waals surface area contributed by atoms with E-state index in [4.69, 9.17) is 0 Å². The first-order valence-electron chi connectivity index (χ1n) is 8.96. The number of rotatable bonds is 6. The summed E-state index contributed by atoms with van der Waals surface area (Å²) < 4.78 is 13.3. The molecule has 1 aliphatic heterocycles. The lowest BCUT2D eigenvalue weighted by atomic mass is 9.90. The van der Waals surface area contributed by atoms with E-state index >= 15 is 0 Å². The molecule has 0 saturated carbocycles. The zero-order valence-electron chi connectivity index (χ0n) is 14.5. The highest BCUT2D eigenvalue weighted by atomic mass is 19.1. The Morgan fingerprint density at radius 2 is 1.76 bits per heavy atom. The van der Waals surface area contributed by atoms with E-state index in [0.717, 1.165) is 43.5 Å². The number of hydrogen-bond acceptors (Lipinski definition) is 2. The summed E-state index contributed by atoms with van der Waals surface area (Å²) in [4.78, 5) is 14.3. The van der Waals surface area contributed by atoms with Crippen molar-refractivity contribution in [1.29, 1.82) is 0 Å². The number of benzene rings is 2. The molecule has 1 amide bonds. The van der Waals surface area contributed by atoms with Gasteiger partial charge in [0.05, 0.1) is 6.54 Å². The van der Waals surface area contributed by atoms with Crippen molar-refractivity contribution in [1.82, 2.24) is 10.2 Å². The van der Waals surface area contributed by atoms with Crippen LogP contribution in [0.2, 0.25) is 0 Å². The summed E-state index contributed by atoms with van der Waals surface area (Å²) in [6, 6.07) is 16.8. The fourth-order valence-corrected chi connectivity index (χ4v) is 3.40. The highest BCUT2D eigenvalue weighted by Crippen LogP contribution is 2.21. The minimum atomic E-state index is -0.162. The van der Waals surface area contributed by atoms with Crippen LogP contribution in [0, 0.1) is 11.7 Å². The molecule has 1 fully saturated rings. The average Bonchev–Trinajstić information content (AvgIpc) is 2.63. The van der Waals surface area contributed by atoms with Crippen LogP contribution >= 0.6 is 0 Å². The molecule has 2 aromatic rings. The van der Waals surface area contributed by atoms with Gasteiger partial charge < -0.3 is 5.32 Å². The van der Waals surface area contributed by atoms with Gasteiger partial charge in [-0.2, -0.15) is 0 Å². The molecule has 1 saturated heterocycles. The summed E-state index contributed by atoms with van der Waals surface area (Å²) >= 11 is 0. The van der Waals surface area contributed by atoms with Gasteiger partial charge in [0.1, 0.15) is 5.82 Å². The molecule has 4 heteroatoms. The quantitative estimate of drug-likeness (QED) is 0.874. The number of likely N-dealkylation sites (tertiary alicyclic amines) is 1. The van der Waals surface area contributed by atoms with Crippen LogP contribution in [0.3, 0.4) is 0 Å². The number of nitrogens with zero attached hydrogens (tertiary/aromatic N) is 1. The van der Waals surface area contributed by atoms with Gasteiger partial charge in [0.15, 0.2) is 0 Å². The zero-order valence-corrected chi connectivity index (χ0v) is 14.5. The summed E-state index contributed by atoms with van der Waals surface area (Å²) in [7, 11) is 0. The Morgan fingerprint density at radius 1 is 1.04 bits per heavy atom. The summed E-state index contributed by atoms with van der Waals surface area (Å²) in [5.74, 6) is 0.489. The van der Waals surface area contributed by atoms with E-state index in [1.54, 1.807) is 12.1 Å². The maximum atomic E-state index is 13.3. The fraction of sp³-hybridized carbons (Fsp3) is 0.381. The van der Waals surface area contributed by atoms with Crippen molar-refractivity contribution < 1.29 is 9.18 Å². The van der Waals surface area contributed by atoms with E-state index in [1.807, 2.05) is 36.4 Å². The Bertz CT molecular complexity index is 681. The van der Waals surface area contributed by atoms with Crippen LogP contribution in [0.25, 0.3) is 0 Å². The largest absolute Gasteiger partial charge is 0.351 e. The third-order valence-corrected chi connectivity index (χ3v) is 4.82. The third-order valence-electron chi connectivity index (χ3n) is 4.82. The van der Waals surface area contributed by atoms with Crippen molar-refractivity contribution in [3.05, 3.63) is 71.5 Å². The number of carbonyl (C=O) groups excluding carboxylic acids is 1. The minimum Gasteiger partial charge on any atom is -0.351 e. The lowest BCUT2D eigenvalue weighted by Gasteiger charge is -2.31. The van der Waals surface area contributed by atoms with Gasteiger partial charge >= 0.3 is 0 Å². The van der Waals surface area contributed by atoms with Crippen molar-refractivity contribution >= 4 is 5.91 Å². The average molecular weight is 340 g/mol. The van der Waals surface area contributed by atoms with Crippen molar-refractivity contribution in [2.45, 2.75) is 25.8 Å². The first-order chi connectivity index (χ1) is 12.2. The maximum absolute atomic E-state index is 13.3. The predicted octanol–water partition coefficient (Wildman–Crippen LogP) is 3.40. The van der Waals surface area contributed by atoms with Crippen molar-refractivity contribution in [3.8, 4) is 0 Å². The smallest absolute Gasteiger partial charge is 0.234 e. The Kier molecular flexibility index (Phi) is 6.18. The SMILES string of the molecule is O=C(CN1CCC(Cc2cccc(F)c2)CC1)NCc1ccccc1. The van der Waals surface area contributed by atoms with Gasteiger partial charge in [-0.3, -0.25) is 9.69 Å². The molecule has 0 radical (unpaired) electrons. The van der Waals surface area contributed by atoms with Crippen molar-refractivity contribution in [2.24, 2.45) is 5.92 Å². The Morgan fingerprint density at radius 3 is 2.48 bits per heavy atom. The molecule has 3 nitrogen and oxygen atoms in total. The zero-order chi connectivity index (χ0) is 17.5. The van der Waals surface area contributed by atoms with Crippen LogP contribution in [-0.4, -0.2) is 30.4 Å². The highest BCUT2D eigenvalue weighted by molar-refractivity contribution is 5.78. The number of hydrogen-bond donors (Lipinski definition) is 1. The Hall–Kier alpha value is -2.20. The van der Waals surface area contributed by atoms with Crippen LogP contribution in [0.5, 0.6) is 0 Å². The van der Waals surface area contributed by atoms with Gasteiger partial charge in [-0.1, -0.05) is 42.5 Å². The predicted molar refractivity (Wildman–Crippen MR) is 97.6 cm³/mol. The van der Waals surface area contributed by atoms with E-state index in [2.05, 4.69) is 10.2 Å². The van der Waals surface area contributed by atoms with Crippen LogP contribution in [0.15, 0.2) is 54.6 Å². The van der Waals surface area contributed by atoms with E-state index in [0.29, 0.717) is 19.0 Å². The molecule has 0 unspecified atom stereocenters. The summed E-state index contributed by atoms with van der Waals surface area (Å²) in [6.07, 6.45) is 3.04. The van der Waals surface area contributed by atoms with Crippen molar-refractivity contribution in [3.63, 3.8) is 0 Å². The second kappa shape index (κ2) is 8.77. The molecular formula is C21H25FN2O. The fourth-order valence-electron chi connectivity index (χ4n) is 3.40. The number of carbonyl (C=O) groups is 1. The summed E-state index contributed by atoms with van der Waals surface area (Å²) in [5, 5.41) is 2.98. The normalized spacial score (nSPS) is 15.9. The van der Waals surface area contributed by atoms with Crippen LogP contribution in [-0.2, 0) is 17.8 Å². The Balaban J connectivity index is 1.38. The molecule has 0 spiro atoms. The van der Waals surface area contributed by atoms with Crippen LogP contribution in [0.4, 0.5) is 4.39 Å². The first-order valence-corrected chi connectivity index (χ1v) is 8.96. The standard InChI is InChI=1S/C21H25FN2O/c22-20-8-4-7-19(14-20)13-17-9-11-24(12-10-17)16-21(25)23-15-18-5-2-1-3-6-18/h1-8,14,17H,9-13,15-16H2,(H,23,25). The monoisotopic (exact) mass is 340 g/mol. The number of amides is 1. The Labute approximate surface area is 148 Å². The van der Waals surface area contributed by atoms with E-state index < -0.39 is 0 Å². The summed E-state index contributed by atoms with van der Waals surface area (Å²) in [6.45, 7) is 2.90. The van der Waals surface area contributed by atoms with Crippen molar-refractivity contribution in [2.75, 3.05) is 19.6 Å². The molecular weight excluding hydrogens is 315 g/mol. The second-order valence-electron chi connectivity index (χ2n) is 6.82. The lowest BCUT2D eigenvalue weighted by molar-refractivity contribution is -0.122. The van der Waals surface area contributed by atoms with Gasteiger partial charge in [0.2, 0.25) is 5.91 Å². The molecule has 0 bridgehead atoms. The molecule has 3 rings (SSSR count). The molecule has 0 aliphatic carbocycles. The minimum absolute atomic E-state index is 0.0763. The molecule has 0 atom stereocenters. The summed E-state index contributed by atoms with van der Waals surface area (Å²) in [5.41, 5.74) is 2.18. The maximum Gasteiger partial charge on any atom is 0.234 e. The van der Waals surface area contributed by atoms with Gasteiger partial charge in [-0.05, 0) is 61.5 Å². The van der Waals surface area contributed by atoms with Gasteiger partial charge in [-0.25, -0.2) is 4.39 Å². The molecule has 1 N–H and O–H groups in total. The number of halogens is 1. The molecule has 132 valence electrons. The number of piperidine rings is 1. The number of nitrogens with one attached hydrogen (secondary N) is 1. The third kappa shape index (κ3) is 5.68. The van der Waals surface area contributed by atoms with Crippen LogP contribution < -0.4 is 5.32 Å². The molecule has 1 heterocycles. The highest BCUT2D eigenvalue weighted by Gasteiger charge is 2.21. The first kappa shape index (κ1) is 17.6. The van der Waals surface area contributed by atoms with Gasteiger partial charge in [-0.15, -0.1) is 0 Å². The molecule has 1 aliphatic rings.